The molecule has 6 nitrogen and oxygen atoms in total. The highest BCUT2D eigenvalue weighted by molar-refractivity contribution is 7.91. The number of hydrogen-bond acceptors (Lipinski definition) is 5. The molecule has 2 aromatic heterocycles. The third kappa shape index (κ3) is 4.07. The van der Waals surface area contributed by atoms with Crippen LogP contribution in [-0.4, -0.2) is 18.6 Å². The lowest BCUT2D eigenvalue weighted by molar-refractivity contribution is -0.615. The molecule has 0 amide bonds. The van der Waals surface area contributed by atoms with Crippen LogP contribution >= 0.6 is 11.3 Å². The van der Waals surface area contributed by atoms with E-state index in [1.165, 1.54) is 0 Å². The lowest BCUT2D eigenvalue weighted by Crippen LogP contribution is -2.41. The molecule has 2 heterocycles. The largest absolute Gasteiger partial charge is 0.416 e. The Morgan fingerprint density at radius 1 is 0.926 bits per heavy atom. The lowest BCUT2D eigenvalue weighted by atomic mass is 9.97. The molecule has 1 aromatic carbocycles. The Balaban J connectivity index is 2.28. The predicted molar refractivity (Wildman–Crippen MR) is 106 cm³/mol. The summed E-state index contributed by atoms with van der Waals surface area (Å²) in [5.41, 5.74) is 4.33. The Bertz CT molecular complexity index is 1030. The molecule has 0 atom stereocenters. The van der Waals surface area contributed by atoms with E-state index in [9.17, 15) is 8.42 Å². The number of rotatable bonds is 5. The van der Waals surface area contributed by atoms with Crippen molar-refractivity contribution in [2.24, 2.45) is 5.14 Å². The Labute approximate surface area is 163 Å². The molecule has 0 unspecified atom stereocenters. The third-order valence-electron chi connectivity index (χ3n) is 4.24. The van der Waals surface area contributed by atoms with E-state index < -0.39 is 10.0 Å². The van der Waals surface area contributed by atoms with Crippen LogP contribution in [0.4, 0.5) is 0 Å². The van der Waals surface area contributed by atoms with E-state index in [4.69, 9.17) is 5.14 Å². The first-order chi connectivity index (χ1) is 12.7. The van der Waals surface area contributed by atoms with Crippen molar-refractivity contribution < 1.29 is 13.0 Å². The SMILES string of the molecule is CC(C)c1cc(-c2ccccc2)cc(C(C)C)[n+]1-c1nnc(S(N)(=O)=O)s1. The zero-order chi connectivity index (χ0) is 19.8. The van der Waals surface area contributed by atoms with Gasteiger partial charge >= 0.3 is 5.13 Å². The van der Waals surface area contributed by atoms with Crippen molar-refractivity contribution >= 4 is 21.4 Å². The minimum Gasteiger partial charge on any atom is -0.222 e. The predicted octanol–water partition coefficient (Wildman–Crippen LogP) is 3.38. The summed E-state index contributed by atoms with van der Waals surface area (Å²) in [6.07, 6.45) is 0. The average molecular weight is 404 g/mol. The van der Waals surface area contributed by atoms with Gasteiger partial charge in [0.15, 0.2) is 0 Å². The summed E-state index contributed by atoms with van der Waals surface area (Å²) >= 11 is 0.986. The molecule has 27 heavy (non-hydrogen) atoms. The summed E-state index contributed by atoms with van der Waals surface area (Å²) in [6.45, 7) is 8.41. The van der Waals surface area contributed by atoms with Gasteiger partial charge in [0, 0.05) is 11.8 Å². The molecule has 2 N–H and O–H groups in total. The van der Waals surface area contributed by atoms with Gasteiger partial charge in [-0.1, -0.05) is 58.0 Å². The summed E-state index contributed by atoms with van der Waals surface area (Å²) in [7, 11) is -3.88. The smallest absolute Gasteiger partial charge is 0.222 e. The van der Waals surface area contributed by atoms with E-state index in [1.54, 1.807) is 0 Å². The minimum absolute atomic E-state index is 0.179. The highest BCUT2D eigenvalue weighted by Crippen LogP contribution is 2.28. The summed E-state index contributed by atoms with van der Waals surface area (Å²) in [4.78, 5) is 0. The molecule has 0 aliphatic rings. The first-order valence-electron chi connectivity index (χ1n) is 8.70. The lowest BCUT2D eigenvalue weighted by Gasteiger charge is -2.16. The Kier molecular flexibility index (Phi) is 5.41. The van der Waals surface area contributed by atoms with Gasteiger partial charge in [-0.15, -0.1) is 0 Å². The standard InChI is InChI=1S/C19H23N4O2S2/c1-12(2)16-10-15(14-8-6-5-7-9-14)11-17(13(3)4)23(16)18-21-22-19(26-18)27(20,24)25/h5-13H,1-4H3,(H2,20,24,25)/q+1. The van der Waals surface area contributed by atoms with Crippen LogP contribution in [0.2, 0.25) is 0 Å². The number of aromatic nitrogens is 3. The molecule has 3 rings (SSSR count). The highest BCUT2D eigenvalue weighted by atomic mass is 32.2. The van der Waals surface area contributed by atoms with Crippen LogP contribution in [-0.2, 0) is 10.0 Å². The fourth-order valence-electron chi connectivity index (χ4n) is 2.91. The quantitative estimate of drug-likeness (QED) is 0.661. The van der Waals surface area contributed by atoms with Gasteiger partial charge in [0.1, 0.15) is 11.4 Å². The molecule has 0 radical (unpaired) electrons. The van der Waals surface area contributed by atoms with Gasteiger partial charge in [0.2, 0.25) is 0 Å². The number of hydrogen-bond donors (Lipinski definition) is 1. The first kappa shape index (κ1) is 19.6. The van der Waals surface area contributed by atoms with E-state index in [0.717, 1.165) is 33.9 Å². The maximum absolute atomic E-state index is 11.6. The normalized spacial score (nSPS) is 12.1. The third-order valence-corrected chi connectivity index (χ3v) is 6.46. The van der Waals surface area contributed by atoms with Crippen LogP contribution in [0.25, 0.3) is 16.3 Å². The summed E-state index contributed by atoms with van der Waals surface area (Å²) < 4.78 is 25.1. The number of nitrogens with zero attached hydrogens (tertiary/aromatic N) is 3. The Morgan fingerprint density at radius 2 is 1.48 bits per heavy atom. The minimum atomic E-state index is -3.88. The molecule has 3 aromatic rings. The number of sulfonamides is 1. The van der Waals surface area contributed by atoms with Gasteiger partial charge in [0.05, 0.1) is 5.10 Å². The van der Waals surface area contributed by atoms with Crippen molar-refractivity contribution in [3.63, 3.8) is 0 Å². The van der Waals surface area contributed by atoms with E-state index in [-0.39, 0.29) is 16.2 Å². The molecule has 0 bridgehead atoms. The van der Waals surface area contributed by atoms with Gasteiger partial charge < -0.3 is 0 Å². The van der Waals surface area contributed by atoms with Crippen LogP contribution < -0.4 is 9.71 Å². The molecular formula is C19H23N4O2S2+. The molecule has 142 valence electrons. The molecule has 0 spiro atoms. The molecule has 0 aliphatic carbocycles. The molecule has 0 saturated carbocycles. The second-order valence-corrected chi connectivity index (χ2v) is 9.69. The summed E-state index contributed by atoms with van der Waals surface area (Å²) in [5, 5.41) is 13.6. The van der Waals surface area contributed by atoms with Gasteiger partial charge in [-0.05, 0) is 39.7 Å². The van der Waals surface area contributed by atoms with Crippen LogP contribution in [0.3, 0.4) is 0 Å². The Hall–Kier alpha value is -2.16. The number of nitrogens with two attached hydrogens (primary N) is 1. The Morgan fingerprint density at radius 3 is 1.93 bits per heavy atom. The topological polar surface area (TPSA) is 89.8 Å². The highest BCUT2D eigenvalue weighted by Gasteiger charge is 2.29. The summed E-state index contributed by atoms with van der Waals surface area (Å²) in [5.74, 6) is 0.404. The van der Waals surface area contributed by atoms with E-state index >= 15 is 0 Å². The number of pyridine rings is 1. The summed E-state index contributed by atoms with van der Waals surface area (Å²) in [6, 6.07) is 14.5. The van der Waals surface area contributed by atoms with Crippen molar-refractivity contribution in [3.05, 3.63) is 53.9 Å². The van der Waals surface area contributed by atoms with E-state index in [1.807, 2.05) is 22.8 Å². The van der Waals surface area contributed by atoms with Crippen molar-refractivity contribution in [2.45, 2.75) is 43.9 Å². The van der Waals surface area contributed by atoms with Gasteiger partial charge in [-0.25, -0.2) is 13.6 Å². The molecule has 0 aliphatic heterocycles. The molecule has 0 fully saturated rings. The second kappa shape index (κ2) is 7.46. The van der Waals surface area contributed by atoms with E-state index in [2.05, 4.69) is 62.2 Å². The fourth-order valence-corrected chi connectivity index (χ4v) is 4.38. The first-order valence-corrected chi connectivity index (χ1v) is 11.1. The van der Waals surface area contributed by atoms with Crippen molar-refractivity contribution in [1.82, 2.24) is 10.2 Å². The van der Waals surface area contributed by atoms with Crippen molar-refractivity contribution in [1.29, 1.82) is 0 Å². The van der Waals surface area contributed by atoms with Crippen LogP contribution in [0.15, 0.2) is 46.8 Å². The van der Waals surface area contributed by atoms with Gasteiger partial charge in [0.25, 0.3) is 14.4 Å². The van der Waals surface area contributed by atoms with Crippen LogP contribution in [0.1, 0.15) is 50.9 Å². The monoisotopic (exact) mass is 403 g/mol. The van der Waals surface area contributed by atoms with Crippen LogP contribution in [0.5, 0.6) is 0 Å². The number of primary sulfonamides is 1. The second-order valence-electron chi connectivity index (χ2n) is 7.00. The van der Waals surface area contributed by atoms with Crippen molar-refractivity contribution in [2.75, 3.05) is 0 Å². The molecular weight excluding hydrogens is 380 g/mol. The van der Waals surface area contributed by atoms with Gasteiger partial charge in [-0.3, -0.25) is 0 Å². The molecule has 8 heteroatoms. The maximum atomic E-state index is 11.6. The maximum Gasteiger partial charge on any atom is 0.416 e. The van der Waals surface area contributed by atoms with Gasteiger partial charge in [-0.2, -0.15) is 4.57 Å². The number of benzene rings is 1. The van der Waals surface area contributed by atoms with E-state index in [0.29, 0.717) is 5.13 Å². The van der Waals surface area contributed by atoms with Crippen LogP contribution in [0, 0.1) is 0 Å². The zero-order valence-corrected chi connectivity index (χ0v) is 17.4. The zero-order valence-electron chi connectivity index (χ0n) is 15.7. The average Bonchev–Trinajstić information content (AvgIpc) is 3.11. The molecule has 0 saturated heterocycles. The fraction of sp³-hybridized carbons (Fsp3) is 0.316. The van der Waals surface area contributed by atoms with Crippen molar-refractivity contribution in [3.8, 4) is 16.3 Å².